The number of ether oxygens (including phenoxy) is 4. The van der Waals surface area contributed by atoms with Gasteiger partial charge in [0.05, 0.1) is 7.11 Å². The predicted molar refractivity (Wildman–Crippen MR) is 168 cm³/mol. The molecule has 2 aromatic carbocycles. The third kappa shape index (κ3) is 7.84. The molecule has 1 fully saturated rings. The van der Waals surface area contributed by atoms with Crippen LogP contribution >= 0.6 is 11.6 Å². The summed E-state index contributed by atoms with van der Waals surface area (Å²) in [6, 6.07) is 12.9. The van der Waals surface area contributed by atoms with Gasteiger partial charge in [0, 0.05) is 54.2 Å². The molecule has 8 heteroatoms. The van der Waals surface area contributed by atoms with Gasteiger partial charge < -0.3 is 18.9 Å². The Morgan fingerprint density at radius 1 is 1.14 bits per heavy atom. The average Bonchev–Trinajstić information content (AvgIpc) is 3.53. The van der Waals surface area contributed by atoms with Gasteiger partial charge in [-0.15, -0.1) is 11.8 Å². The zero-order chi connectivity index (χ0) is 31.8. The predicted octanol–water partition coefficient (Wildman–Crippen LogP) is 7.16. The minimum Gasteiger partial charge on any atom is -0.489 e. The van der Waals surface area contributed by atoms with Crippen molar-refractivity contribution in [1.82, 2.24) is 0 Å². The zero-order valence-corrected chi connectivity index (χ0v) is 26.8. The molecule has 7 nitrogen and oxygen atoms in total. The molecule has 0 N–H and O–H groups in total. The molecule has 234 valence electrons. The first-order valence-corrected chi connectivity index (χ1v) is 15.6. The smallest absolute Gasteiger partial charge is 0.352 e. The number of hydrogen-bond acceptors (Lipinski definition) is 7. The summed E-state index contributed by atoms with van der Waals surface area (Å²) in [6.45, 7) is 7.44. The molecule has 44 heavy (non-hydrogen) atoms. The van der Waals surface area contributed by atoms with Crippen molar-refractivity contribution in [2.75, 3.05) is 7.11 Å². The third-order valence-corrected chi connectivity index (χ3v) is 8.95. The molecule has 0 saturated heterocycles. The van der Waals surface area contributed by atoms with Crippen molar-refractivity contribution in [2.45, 2.75) is 84.0 Å². The fourth-order valence-corrected chi connectivity index (χ4v) is 6.28. The molecule has 2 aromatic rings. The van der Waals surface area contributed by atoms with Gasteiger partial charge in [-0.1, -0.05) is 74.0 Å². The number of halogens is 1. The Balaban J connectivity index is 1.62. The second kappa shape index (κ2) is 15.3. The molecule has 0 amide bonds. The number of fused-ring (bicyclic) bond motifs is 3. The van der Waals surface area contributed by atoms with Gasteiger partial charge in [0.15, 0.2) is 0 Å². The van der Waals surface area contributed by atoms with Crippen molar-refractivity contribution >= 4 is 29.5 Å². The van der Waals surface area contributed by atoms with E-state index in [0.717, 1.165) is 23.3 Å². The SMILES string of the molecule is CC#CC[C@H](C)[C@H](C)/C=C/[C@@H]1[C@H]2c3cccc(CCCC(=O)OC)c3O[C@H]2C[C@H]1OC(=O)[C@H](OC(C)=O)c1ccccc1Cl. The number of aryl methyl sites for hydroxylation is 1. The highest BCUT2D eigenvalue weighted by molar-refractivity contribution is 6.31. The van der Waals surface area contributed by atoms with Crippen LogP contribution in [0.4, 0.5) is 0 Å². The van der Waals surface area contributed by atoms with Gasteiger partial charge >= 0.3 is 17.9 Å². The van der Waals surface area contributed by atoms with Crippen LogP contribution in [0, 0.1) is 29.6 Å². The molecule has 4 rings (SSSR count). The van der Waals surface area contributed by atoms with Crippen molar-refractivity contribution in [2.24, 2.45) is 17.8 Å². The van der Waals surface area contributed by atoms with E-state index >= 15 is 0 Å². The van der Waals surface area contributed by atoms with Crippen molar-refractivity contribution in [1.29, 1.82) is 0 Å². The molecule has 7 atom stereocenters. The first-order chi connectivity index (χ1) is 21.1. The van der Waals surface area contributed by atoms with E-state index in [1.54, 1.807) is 24.3 Å². The third-order valence-electron chi connectivity index (χ3n) is 8.61. The molecule has 0 aromatic heterocycles. The number of carbonyl (C=O) groups is 3. The topological polar surface area (TPSA) is 88.1 Å². The normalized spacial score (nSPS) is 22.0. The lowest BCUT2D eigenvalue weighted by atomic mass is 9.84. The molecule has 1 aliphatic carbocycles. The summed E-state index contributed by atoms with van der Waals surface area (Å²) in [5.74, 6) is 5.86. The number of para-hydroxylation sites is 1. The highest BCUT2D eigenvalue weighted by Crippen LogP contribution is 2.53. The van der Waals surface area contributed by atoms with Crippen molar-refractivity contribution in [3.63, 3.8) is 0 Å². The van der Waals surface area contributed by atoms with Gasteiger partial charge in [0.25, 0.3) is 0 Å². The molecule has 0 spiro atoms. The van der Waals surface area contributed by atoms with Gasteiger partial charge in [-0.2, -0.15) is 0 Å². The van der Waals surface area contributed by atoms with Gasteiger partial charge in [-0.05, 0) is 43.2 Å². The molecule has 0 unspecified atom stereocenters. The van der Waals surface area contributed by atoms with Crippen LogP contribution in [0.15, 0.2) is 54.6 Å². The van der Waals surface area contributed by atoms with E-state index in [-0.39, 0.29) is 29.8 Å². The van der Waals surface area contributed by atoms with Gasteiger partial charge in [0.2, 0.25) is 6.10 Å². The summed E-state index contributed by atoms with van der Waals surface area (Å²) in [5, 5.41) is 0.311. The standard InChI is InChI=1S/C36H41ClO7/c1-6-7-12-22(2)23(3)19-20-27-30(44-36(40)35(42-24(4)38)26-15-8-9-17-29(26)37)21-31-33(27)28-16-10-13-25(34(28)43-31)14-11-18-32(39)41-5/h8-10,13,15-17,19-20,22-23,27,30-31,33,35H,11-12,14,18,21H2,1-5H3/b20-19+/t22-,23+,27-,30+,31-,33-,35+/m0/s1. The second-order valence-corrected chi connectivity index (χ2v) is 12.0. The molecule has 1 heterocycles. The number of esters is 3. The molecule has 1 saturated carbocycles. The maximum absolute atomic E-state index is 13.6. The van der Waals surface area contributed by atoms with E-state index in [0.29, 0.717) is 42.2 Å². The minimum absolute atomic E-state index is 0.0370. The summed E-state index contributed by atoms with van der Waals surface area (Å²) >= 11 is 6.39. The Kier molecular flexibility index (Phi) is 11.5. The summed E-state index contributed by atoms with van der Waals surface area (Å²) in [7, 11) is 1.39. The van der Waals surface area contributed by atoms with Crippen LogP contribution in [0.1, 0.15) is 82.1 Å². The first-order valence-electron chi connectivity index (χ1n) is 15.2. The van der Waals surface area contributed by atoms with Crippen molar-refractivity contribution in [3.8, 4) is 17.6 Å². The van der Waals surface area contributed by atoms with Crippen molar-refractivity contribution < 1.29 is 33.3 Å². The van der Waals surface area contributed by atoms with Crippen LogP contribution in [-0.4, -0.2) is 37.2 Å². The summed E-state index contributed by atoms with van der Waals surface area (Å²) in [6.07, 6.45) is 5.28. The number of allylic oxidation sites excluding steroid dienone is 1. The van der Waals surface area contributed by atoms with E-state index < -0.39 is 24.1 Å². The van der Waals surface area contributed by atoms with E-state index in [1.807, 2.05) is 19.1 Å². The Labute approximate surface area is 265 Å². The quantitative estimate of drug-likeness (QED) is 0.108. The molecular weight excluding hydrogens is 580 g/mol. The fourth-order valence-electron chi connectivity index (χ4n) is 6.04. The van der Waals surface area contributed by atoms with Crippen LogP contribution in [0.25, 0.3) is 0 Å². The number of benzene rings is 2. The van der Waals surface area contributed by atoms with Gasteiger partial charge in [-0.25, -0.2) is 4.79 Å². The number of methoxy groups -OCH3 is 1. The van der Waals surface area contributed by atoms with Crippen LogP contribution in [0.2, 0.25) is 5.02 Å². The maximum atomic E-state index is 13.6. The van der Waals surface area contributed by atoms with E-state index in [4.69, 9.17) is 30.5 Å². The monoisotopic (exact) mass is 620 g/mol. The van der Waals surface area contributed by atoms with E-state index in [1.165, 1.54) is 14.0 Å². The first kappa shape index (κ1) is 33.1. The Morgan fingerprint density at radius 2 is 1.91 bits per heavy atom. The number of hydrogen-bond donors (Lipinski definition) is 0. The highest BCUT2D eigenvalue weighted by Gasteiger charge is 2.51. The molecule has 0 radical (unpaired) electrons. The summed E-state index contributed by atoms with van der Waals surface area (Å²) in [5.41, 5.74) is 2.49. The average molecular weight is 621 g/mol. The van der Waals surface area contributed by atoms with E-state index in [9.17, 15) is 14.4 Å². The fraction of sp³-hybridized carbons (Fsp3) is 0.472. The molecular formula is C36H41ClO7. The van der Waals surface area contributed by atoms with E-state index in [2.05, 4.69) is 43.9 Å². The van der Waals surface area contributed by atoms with Crippen LogP contribution in [-0.2, 0) is 35.0 Å². The Morgan fingerprint density at radius 3 is 2.61 bits per heavy atom. The van der Waals surface area contributed by atoms with Gasteiger partial charge in [0.1, 0.15) is 18.0 Å². The highest BCUT2D eigenvalue weighted by atomic mass is 35.5. The summed E-state index contributed by atoms with van der Waals surface area (Å²) < 4.78 is 22.9. The van der Waals surface area contributed by atoms with Crippen LogP contribution in [0.3, 0.4) is 0 Å². The second-order valence-electron chi connectivity index (χ2n) is 11.6. The summed E-state index contributed by atoms with van der Waals surface area (Å²) in [4.78, 5) is 37.3. The molecule has 1 aliphatic heterocycles. The maximum Gasteiger partial charge on any atom is 0.352 e. The van der Waals surface area contributed by atoms with Gasteiger partial charge in [-0.3, -0.25) is 9.59 Å². The minimum atomic E-state index is -1.28. The lowest BCUT2D eigenvalue weighted by molar-refractivity contribution is -0.172. The van der Waals surface area contributed by atoms with Crippen LogP contribution < -0.4 is 4.74 Å². The Bertz CT molecular complexity index is 1440. The molecule has 2 aliphatic rings. The number of rotatable bonds is 12. The largest absolute Gasteiger partial charge is 0.489 e. The molecule has 0 bridgehead atoms. The van der Waals surface area contributed by atoms with Crippen molar-refractivity contribution in [3.05, 3.63) is 76.3 Å². The lowest BCUT2D eigenvalue weighted by Gasteiger charge is -2.25. The number of carbonyl (C=O) groups excluding carboxylic acids is 3. The zero-order valence-electron chi connectivity index (χ0n) is 26.0. The van der Waals surface area contributed by atoms with Crippen LogP contribution in [0.5, 0.6) is 5.75 Å². The Hall–Kier alpha value is -3.76. The lowest BCUT2D eigenvalue weighted by Crippen LogP contribution is -2.29.